The molecule has 0 heterocycles. The summed E-state index contributed by atoms with van der Waals surface area (Å²) < 4.78 is 4.51. The number of hydrogen-bond donors (Lipinski definition) is 0. The first-order chi connectivity index (χ1) is 5.65. The van der Waals surface area contributed by atoms with Crippen LogP contribution in [0.4, 0.5) is 0 Å². The Labute approximate surface area is 71.4 Å². The Kier molecular flexibility index (Phi) is 2.63. The standard InChI is InChI=1S/C9H12O3/c1-6-3-4-7(8(10)5-6)9(11)12-2/h5,7H,3-4H2,1-2H3. The van der Waals surface area contributed by atoms with E-state index >= 15 is 0 Å². The zero-order valence-corrected chi connectivity index (χ0v) is 7.29. The molecule has 3 nitrogen and oxygen atoms in total. The van der Waals surface area contributed by atoms with E-state index in [-0.39, 0.29) is 5.78 Å². The third-order valence-electron chi connectivity index (χ3n) is 2.05. The van der Waals surface area contributed by atoms with Crippen molar-refractivity contribution in [3.63, 3.8) is 0 Å². The minimum absolute atomic E-state index is 0.120. The van der Waals surface area contributed by atoms with E-state index < -0.39 is 11.9 Å². The largest absolute Gasteiger partial charge is 0.468 e. The Balaban J connectivity index is 2.71. The second kappa shape index (κ2) is 3.52. The lowest BCUT2D eigenvalue weighted by atomic mass is 9.89. The summed E-state index contributed by atoms with van der Waals surface area (Å²) >= 11 is 0. The van der Waals surface area contributed by atoms with Gasteiger partial charge in [-0.1, -0.05) is 5.57 Å². The molecule has 1 atom stereocenters. The molecule has 0 aliphatic heterocycles. The average molecular weight is 168 g/mol. The van der Waals surface area contributed by atoms with Crippen molar-refractivity contribution in [2.24, 2.45) is 5.92 Å². The maximum atomic E-state index is 11.2. The molecule has 0 aromatic heterocycles. The summed E-state index contributed by atoms with van der Waals surface area (Å²) in [7, 11) is 1.31. The summed E-state index contributed by atoms with van der Waals surface area (Å²) in [6, 6.07) is 0. The number of carbonyl (C=O) groups is 2. The van der Waals surface area contributed by atoms with Crippen molar-refractivity contribution in [1.82, 2.24) is 0 Å². The number of carbonyl (C=O) groups excluding carboxylic acids is 2. The molecule has 66 valence electrons. The van der Waals surface area contributed by atoms with E-state index in [1.807, 2.05) is 6.92 Å². The topological polar surface area (TPSA) is 43.4 Å². The molecule has 0 fully saturated rings. The molecule has 1 aliphatic carbocycles. The fraction of sp³-hybridized carbons (Fsp3) is 0.556. The maximum absolute atomic E-state index is 11.2. The second-order valence-electron chi connectivity index (χ2n) is 3.01. The van der Waals surface area contributed by atoms with Crippen molar-refractivity contribution >= 4 is 11.8 Å². The third kappa shape index (κ3) is 1.72. The van der Waals surface area contributed by atoms with Gasteiger partial charge in [-0.25, -0.2) is 0 Å². The summed E-state index contributed by atoms with van der Waals surface area (Å²) in [6.45, 7) is 1.89. The highest BCUT2D eigenvalue weighted by atomic mass is 16.5. The third-order valence-corrected chi connectivity index (χ3v) is 2.05. The van der Waals surface area contributed by atoms with Crippen LogP contribution in [0.25, 0.3) is 0 Å². The van der Waals surface area contributed by atoms with Gasteiger partial charge >= 0.3 is 5.97 Å². The number of rotatable bonds is 1. The van der Waals surface area contributed by atoms with Crippen molar-refractivity contribution in [3.8, 4) is 0 Å². The number of ketones is 1. The zero-order chi connectivity index (χ0) is 9.14. The SMILES string of the molecule is COC(=O)C1CCC(C)=CC1=O. The fourth-order valence-electron chi connectivity index (χ4n) is 1.31. The quantitative estimate of drug-likeness (QED) is 0.434. The van der Waals surface area contributed by atoms with Crippen LogP contribution in [0.3, 0.4) is 0 Å². The van der Waals surface area contributed by atoms with E-state index in [9.17, 15) is 9.59 Å². The van der Waals surface area contributed by atoms with Gasteiger partial charge in [0.05, 0.1) is 7.11 Å². The highest BCUT2D eigenvalue weighted by molar-refractivity contribution is 6.05. The Bertz CT molecular complexity index is 240. The van der Waals surface area contributed by atoms with Crippen LogP contribution >= 0.6 is 0 Å². The first kappa shape index (κ1) is 8.97. The molecule has 0 bridgehead atoms. The van der Waals surface area contributed by atoms with Crippen molar-refractivity contribution < 1.29 is 14.3 Å². The van der Waals surface area contributed by atoms with Crippen LogP contribution in [-0.4, -0.2) is 18.9 Å². The van der Waals surface area contributed by atoms with E-state index in [0.29, 0.717) is 6.42 Å². The van der Waals surface area contributed by atoms with Crippen LogP contribution < -0.4 is 0 Å². The number of hydrogen-bond acceptors (Lipinski definition) is 3. The summed E-state index contributed by atoms with van der Waals surface area (Å²) in [5.74, 6) is -1.09. The van der Waals surface area contributed by atoms with Crippen LogP contribution in [0.2, 0.25) is 0 Å². The number of methoxy groups -OCH3 is 1. The van der Waals surface area contributed by atoms with Gasteiger partial charge < -0.3 is 4.74 Å². The van der Waals surface area contributed by atoms with E-state index in [2.05, 4.69) is 4.74 Å². The molecular formula is C9H12O3. The monoisotopic (exact) mass is 168 g/mol. The van der Waals surface area contributed by atoms with Crippen molar-refractivity contribution in [1.29, 1.82) is 0 Å². The van der Waals surface area contributed by atoms with Gasteiger partial charge in [0, 0.05) is 0 Å². The molecule has 0 N–H and O–H groups in total. The first-order valence-corrected chi connectivity index (χ1v) is 3.94. The number of allylic oxidation sites excluding steroid dienone is 2. The highest BCUT2D eigenvalue weighted by Gasteiger charge is 2.28. The molecule has 0 saturated heterocycles. The van der Waals surface area contributed by atoms with Gasteiger partial charge in [0.15, 0.2) is 5.78 Å². The van der Waals surface area contributed by atoms with Gasteiger partial charge in [-0.15, -0.1) is 0 Å². The predicted octanol–water partition coefficient (Wildman–Crippen LogP) is 1.08. The zero-order valence-electron chi connectivity index (χ0n) is 7.29. The van der Waals surface area contributed by atoms with Crippen LogP contribution in [-0.2, 0) is 14.3 Å². The normalized spacial score (nSPS) is 23.3. The molecular weight excluding hydrogens is 156 g/mol. The Morgan fingerprint density at radius 3 is 2.83 bits per heavy atom. The molecule has 0 amide bonds. The summed E-state index contributed by atoms with van der Waals surface area (Å²) in [5, 5.41) is 0. The fourth-order valence-corrected chi connectivity index (χ4v) is 1.31. The van der Waals surface area contributed by atoms with Gasteiger partial charge in [-0.2, -0.15) is 0 Å². The summed E-state index contributed by atoms with van der Waals surface area (Å²) in [5.41, 5.74) is 1.04. The van der Waals surface area contributed by atoms with Gasteiger partial charge in [0.2, 0.25) is 0 Å². The number of ether oxygens (including phenoxy) is 1. The lowest BCUT2D eigenvalue weighted by Gasteiger charge is -2.16. The lowest BCUT2D eigenvalue weighted by molar-refractivity contribution is -0.148. The molecule has 0 aromatic carbocycles. The van der Waals surface area contributed by atoms with E-state index in [4.69, 9.17) is 0 Å². The minimum atomic E-state index is -0.557. The van der Waals surface area contributed by atoms with Crippen LogP contribution in [0.5, 0.6) is 0 Å². The highest BCUT2D eigenvalue weighted by Crippen LogP contribution is 2.21. The molecule has 1 rings (SSSR count). The van der Waals surface area contributed by atoms with Gasteiger partial charge in [-0.05, 0) is 25.8 Å². The van der Waals surface area contributed by atoms with Crippen LogP contribution in [0.15, 0.2) is 11.6 Å². The van der Waals surface area contributed by atoms with Crippen LogP contribution in [0, 0.1) is 5.92 Å². The van der Waals surface area contributed by atoms with Crippen LogP contribution in [0.1, 0.15) is 19.8 Å². The second-order valence-corrected chi connectivity index (χ2v) is 3.01. The molecule has 0 aromatic rings. The van der Waals surface area contributed by atoms with Crippen molar-refractivity contribution in [3.05, 3.63) is 11.6 Å². The molecule has 3 heteroatoms. The van der Waals surface area contributed by atoms with Crippen molar-refractivity contribution in [2.75, 3.05) is 7.11 Å². The van der Waals surface area contributed by atoms with Gasteiger partial charge in [0.1, 0.15) is 5.92 Å². The average Bonchev–Trinajstić information content (AvgIpc) is 2.03. The lowest BCUT2D eigenvalue weighted by Crippen LogP contribution is -2.26. The first-order valence-electron chi connectivity index (χ1n) is 3.94. The van der Waals surface area contributed by atoms with E-state index in [1.54, 1.807) is 0 Å². The molecule has 12 heavy (non-hydrogen) atoms. The molecule has 0 saturated carbocycles. The summed E-state index contributed by atoms with van der Waals surface area (Å²) in [4.78, 5) is 22.2. The molecule has 0 spiro atoms. The molecule has 0 radical (unpaired) electrons. The van der Waals surface area contributed by atoms with Crippen molar-refractivity contribution in [2.45, 2.75) is 19.8 Å². The number of esters is 1. The minimum Gasteiger partial charge on any atom is -0.468 e. The smallest absolute Gasteiger partial charge is 0.316 e. The van der Waals surface area contributed by atoms with Gasteiger partial charge in [-0.3, -0.25) is 9.59 Å². The summed E-state index contributed by atoms with van der Waals surface area (Å²) in [6.07, 6.45) is 2.93. The maximum Gasteiger partial charge on any atom is 0.316 e. The Hall–Kier alpha value is -1.12. The molecule has 1 unspecified atom stereocenters. The predicted molar refractivity (Wildman–Crippen MR) is 43.5 cm³/mol. The van der Waals surface area contributed by atoms with E-state index in [1.165, 1.54) is 13.2 Å². The Morgan fingerprint density at radius 2 is 2.33 bits per heavy atom. The van der Waals surface area contributed by atoms with E-state index in [0.717, 1.165) is 12.0 Å². The Morgan fingerprint density at radius 1 is 1.67 bits per heavy atom. The molecule has 1 aliphatic rings. The van der Waals surface area contributed by atoms with Gasteiger partial charge in [0.25, 0.3) is 0 Å².